The molecule has 2 aliphatic rings. The summed E-state index contributed by atoms with van der Waals surface area (Å²) in [6.07, 6.45) is -2.31. The molecule has 0 saturated carbocycles. The molecule has 2 amide bonds. The molecular formula is C29H34F8N2O3. The van der Waals surface area contributed by atoms with Gasteiger partial charge in [-0.15, -0.1) is 0 Å². The number of rotatable bonds is 8. The van der Waals surface area contributed by atoms with E-state index in [9.17, 15) is 44.7 Å². The molecule has 0 aromatic heterocycles. The minimum absolute atomic E-state index is 0.135. The molecule has 1 aromatic carbocycles. The standard InChI is InChI=1S/C21H29F3N2O3.C8H5F5/c1-4-15-10-16(13(3)19(25)27)17-9-14(21(24,11-22)12-23)7-6-8-18(17)26(15)20(28)29-5-2;9-7(10)5-2-1-3-6(4-5)8(11,12)13/h7-9,13,15-16H,4-6,10-12H2,1-3H3,(H2,25,27);1-4,7H/t13-,15-,16-;/m1./s1. The van der Waals surface area contributed by atoms with Gasteiger partial charge < -0.3 is 10.5 Å². The van der Waals surface area contributed by atoms with E-state index in [1.165, 1.54) is 17.1 Å². The van der Waals surface area contributed by atoms with Crippen molar-refractivity contribution in [2.45, 2.75) is 64.3 Å². The number of hydrogen-bond donors (Lipinski definition) is 1. The van der Waals surface area contributed by atoms with Gasteiger partial charge in [0.1, 0.15) is 13.3 Å². The number of primary amides is 1. The first-order valence-corrected chi connectivity index (χ1v) is 13.3. The molecule has 1 fully saturated rings. The van der Waals surface area contributed by atoms with E-state index in [1.54, 1.807) is 19.9 Å². The number of fused-ring (bicyclic) bond motifs is 1. The molecule has 42 heavy (non-hydrogen) atoms. The van der Waals surface area contributed by atoms with E-state index >= 15 is 0 Å². The molecule has 1 aliphatic carbocycles. The quantitative estimate of drug-likeness (QED) is 0.306. The second-order valence-corrected chi connectivity index (χ2v) is 9.90. The molecule has 13 heteroatoms. The third kappa shape index (κ3) is 8.13. The second kappa shape index (κ2) is 14.7. The summed E-state index contributed by atoms with van der Waals surface area (Å²) in [5, 5.41) is 0. The average molecular weight is 611 g/mol. The highest BCUT2D eigenvalue weighted by atomic mass is 19.4. The Hall–Kier alpha value is -3.38. The lowest BCUT2D eigenvalue weighted by Crippen LogP contribution is -2.48. The Morgan fingerprint density at radius 2 is 1.74 bits per heavy atom. The van der Waals surface area contributed by atoms with Crippen molar-refractivity contribution >= 4 is 12.0 Å². The van der Waals surface area contributed by atoms with Gasteiger partial charge >= 0.3 is 12.3 Å². The molecule has 0 unspecified atom stereocenters. The average Bonchev–Trinajstić information content (AvgIpc) is 3.19. The minimum Gasteiger partial charge on any atom is -0.449 e. The van der Waals surface area contributed by atoms with Crippen LogP contribution in [-0.4, -0.2) is 48.6 Å². The van der Waals surface area contributed by atoms with Gasteiger partial charge in [0.2, 0.25) is 5.91 Å². The van der Waals surface area contributed by atoms with Gasteiger partial charge in [-0.05, 0) is 55.4 Å². The molecule has 2 N–H and O–H groups in total. The SMILES string of the molecule is CCOC(=O)N1C2=CCC=C(C(F)(CF)CF)C=C2[C@@H]([C@@H](C)C(N)=O)C[C@H]1CC.FC(F)c1cccc(C(F)(F)F)c1. The maximum absolute atomic E-state index is 14.8. The minimum atomic E-state index is -4.56. The molecular weight excluding hydrogens is 576 g/mol. The van der Waals surface area contributed by atoms with Gasteiger partial charge in [-0.2, -0.15) is 13.2 Å². The Kier molecular flexibility index (Phi) is 12.2. The predicted molar refractivity (Wildman–Crippen MR) is 140 cm³/mol. The third-order valence-corrected chi connectivity index (χ3v) is 7.20. The van der Waals surface area contributed by atoms with Crippen molar-refractivity contribution in [1.82, 2.24) is 4.90 Å². The first-order chi connectivity index (χ1) is 19.6. The van der Waals surface area contributed by atoms with Crippen molar-refractivity contribution in [3.63, 3.8) is 0 Å². The summed E-state index contributed by atoms with van der Waals surface area (Å²) in [5.74, 6) is -1.56. The Balaban J connectivity index is 0.000000395. The zero-order valence-electron chi connectivity index (χ0n) is 23.4. The van der Waals surface area contributed by atoms with Gasteiger partial charge in [0.05, 0.1) is 12.2 Å². The smallest absolute Gasteiger partial charge is 0.416 e. The Morgan fingerprint density at radius 1 is 1.10 bits per heavy atom. The van der Waals surface area contributed by atoms with Gasteiger partial charge in [-0.25, -0.2) is 26.7 Å². The molecule has 3 atom stereocenters. The van der Waals surface area contributed by atoms with Crippen LogP contribution in [0, 0.1) is 11.8 Å². The number of likely N-dealkylation sites (tertiary alicyclic amines) is 1. The number of halogens is 8. The number of amides is 2. The molecule has 1 aromatic rings. The van der Waals surface area contributed by atoms with Crippen LogP contribution in [0.3, 0.4) is 0 Å². The van der Waals surface area contributed by atoms with Crippen LogP contribution < -0.4 is 5.73 Å². The maximum Gasteiger partial charge on any atom is 0.416 e. The lowest BCUT2D eigenvalue weighted by atomic mass is 9.75. The number of nitrogens with two attached hydrogens (primary N) is 1. The number of nitrogens with zero attached hydrogens (tertiary/aromatic N) is 1. The zero-order chi connectivity index (χ0) is 31.8. The molecule has 1 aliphatic heterocycles. The van der Waals surface area contributed by atoms with Crippen molar-refractivity contribution in [3.8, 4) is 0 Å². The zero-order valence-corrected chi connectivity index (χ0v) is 23.4. The van der Waals surface area contributed by atoms with Crippen LogP contribution in [0.1, 0.15) is 57.6 Å². The highest BCUT2D eigenvalue weighted by Crippen LogP contribution is 2.44. The topological polar surface area (TPSA) is 72.6 Å². The van der Waals surface area contributed by atoms with Crippen molar-refractivity contribution in [2.24, 2.45) is 17.6 Å². The number of alkyl halides is 8. The Morgan fingerprint density at radius 3 is 2.24 bits per heavy atom. The number of hydrogen-bond acceptors (Lipinski definition) is 3. The van der Waals surface area contributed by atoms with Crippen molar-refractivity contribution in [2.75, 3.05) is 20.0 Å². The predicted octanol–water partition coefficient (Wildman–Crippen LogP) is 7.80. The highest BCUT2D eigenvalue weighted by molar-refractivity contribution is 5.78. The first kappa shape index (κ1) is 34.8. The largest absolute Gasteiger partial charge is 0.449 e. The molecule has 234 valence electrons. The number of piperidine rings is 1. The van der Waals surface area contributed by atoms with E-state index < -0.39 is 66.6 Å². The van der Waals surface area contributed by atoms with E-state index in [0.717, 1.165) is 18.2 Å². The summed E-state index contributed by atoms with van der Waals surface area (Å²) in [6, 6.07) is 2.88. The Bertz CT molecular complexity index is 1190. The Labute approximate surface area is 239 Å². The third-order valence-electron chi connectivity index (χ3n) is 7.20. The monoisotopic (exact) mass is 610 g/mol. The van der Waals surface area contributed by atoms with Crippen LogP contribution in [0.5, 0.6) is 0 Å². The summed E-state index contributed by atoms with van der Waals surface area (Å²) in [7, 11) is 0. The fraction of sp³-hybridized carbons (Fsp3) is 0.517. The molecule has 1 heterocycles. The molecule has 1 saturated heterocycles. The van der Waals surface area contributed by atoms with Gasteiger partial charge in [0.15, 0.2) is 5.67 Å². The van der Waals surface area contributed by atoms with Gasteiger partial charge in [-0.3, -0.25) is 9.69 Å². The first-order valence-electron chi connectivity index (χ1n) is 13.3. The van der Waals surface area contributed by atoms with Crippen LogP contribution in [0.15, 0.2) is 59.3 Å². The molecule has 5 nitrogen and oxygen atoms in total. The van der Waals surface area contributed by atoms with Crippen molar-refractivity contribution < 1.29 is 49.4 Å². The van der Waals surface area contributed by atoms with E-state index in [-0.39, 0.29) is 24.6 Å². The number of carbonyl (C=O) groups excluding carboxylic acids is 2. The van der Waals surface area contributed by atoms with Gasteiger partial charge in [-0.1, -0.05) is 44.2 Å². The van der Waals surface area contributed by atoms with E-state index in [2.05, 4.69) is 0 Å². The van der Waals surface area contributed by atoms with E-state index in [1.807, 2.05) is 6.92 Å². The summed E-state index contributed by atoms with van der Waals surface area (Å²) in [5.41, 5.74) is 1.91. The second-order valence-electron chi connectivity index (χ2n) is 9.90. The van der Waals surface area contributed by atoms with Gasteiger partial charge in [0, 0.05) is 23.2 Å². The number of ether oxygens (including phenoxy) is 1. The van der Waals surface area contributed by atoms with E-state index in [0.29, 0.717) is 30.2 Å². The van der Waals surface area contributed by atoms with Crippen molar-refractivity contribution in [3.05, 3.63) is 70.5 Å². The number of carbonyl (C=O) groups is 2. The summed E-state index contributed by atoms with van der Waals surface area (Å²) >= 11 is 0. The molecule has 0 bridgehead atoms. The fourth-order valence-electron chi connectivity index (χ4n) is 4.79. The van der Waals surface area contributed by atoms with Crippen LogP contribution in [0.25, 0.3) is 0 Å². The van der Waals surface area contributed by atoms with Crippen LogP contribution in [0.4, 0.5) is 39.9 Å². The fourth-order valence-corrected chi connectivity index (χ4v) is 4.79. The van der Waals surface area contributed by atoms with Crippen LogP contribution in [-0.2, 0) is 15.7 Å². The maximum atomic E-state index is 14.8. The normalized spacial score (nSPS) is 19.8. The summed E-state index contributed by atoms with van der Waals surface area (Å²) < 4.78 is 107. The molecule has 3 rings (SSSR count). The lowest BCUT2D eigenvalue weighted by Gasteiger charge is -2.43. The summed E-state index contributed by atoms with van der Waals surface area (Å²) in [6.45, 7) is 2.43. The van der Waals surface area contributed by atoms with Gasteiger partial charge in [0.25, 0.3) is 6.43 Å². The van der Waals surface area contributed by atoms with Crippen LogP contribution in [0.2, 0.25) is 0 Å². The number of allylic oxidation sites excluding steroid dienone is 5. The number of benzene rings is 1. The molecule has 0 radical (unpaired) electrons. The van der Waals surface area contributed by atoms with Crippen molar-refractivity contribution in [1.29, 1.82) is 0 Å². The lowest BCUT2D eigenvalue weighted by molar-refractivity contribution is -0.137. The van der Waals surface area contributed by atoms with E-state index in [4.69, 9.17) is 10.5 Å². The van der Waals surface area contributed by atoms with Crippen LogP contribution >= 0.6 is 0 Å². The summed E-state index contributed by atoms with van der Waals surface area (Å²) in [4.78, 5) is 26.1. The highest BCUT2D eigenvalue weighted by Gasteiger charge is 2.43. The molecule has 0 spiro atoms.